The number of sulfone groups is 1. The summed E-state index contributed by atoms with van der Waals surface area (Å²) in [7, 11) is -3.27. The molecule has 0 N–H and O–H groups in total. The fourth-order valence-corrected chi connectivity index (χ4v) is 6.32. The van der Waals surface area contributed by atoms with Crippen molar-refractivity contribution in [3.05, 3.63) is 69.2 Å². The number of hydrogen-bond acceptors (Lipinski definition) is 4. The zero-order valence-electron chi connectivity index (χ0n) is 17.5. The van der Waals surface area contributed by atoms with Gasteiger partial charge in [0.15, 0.2) is 15.6 Å². The maximum absolute atomic E-state index is 14.5. The normalized spacial score (nSPS) is 17.9. The summed E-state index contributed by atoms with van der Waals surface area (Å²) in [5.74, 6) is -1.04. The van der Waals surface area contributed by atoms with Crippen LogP contribution in [-0.4, -0.2) is 36.8 Å². The van der Waals surface area contributed by atoms with Crippen LogP contribution in [-0.2, 0) is 16.4 Å². The van der Waals surface area contributed by atoms with Gasteiger partial charge in [0, 0.05) is 27.6 Å². The molecule has 1 aromatic heterocycles. The first kappa shape index (κ1) is 21.8. The Morgan fingerprint density at radius 3 is 2.65 bits per heavy atom. The minimum Gasteiger partial charge on any atom is -0.451 e. The minimum absolute atomic E-state index is 0.0101. The van der Waals surface area contributed by atoms with Crippen LogP contribution in [0.5, 0.6) is 0 Å². The van der Waals surface area contributed by atoms with Crippen LogP contribution in [0, 0.1) is 26.6 Å². The predicted molar refractivity (Wildman–Crippen MR) is 119 cm³/mol. The molecule has 1 saturated heterocycles. The lowest BCUT2D eigenvalue weighted by Crippen LogP contribution is -2.41. The van der Waals surface area contributed by atoms with Gasteiger partial charge in [-0.05, 0) is 56.5 Å². The van der Waals surface area contributed by atoms with E-state index in [4.69, 9.17) is 16.0 Å². The highest BCUT2D eigenvalue weighted by Gasteiger charge is 2.37. The number of amides is 1. The Bertz CT molecular complexity index is 1280. The fourth-order valence-electron chi connectivity index (χ4n) is 4.37. The van der Waals surface area contributed by atoms with E-state index < -0.39 is 27.6 Å². The van der Waals surface area contributed by atoms with Crippen molar-refractivity contribution in [2.75, 3.05) is 11.5 Å². The van der Waals surface area contributed by atoms with Crippen LogP contribution in [0.4, 0.5) is 4.39 Å². The number of halogens is 2. The number of hydrogen-bond donors (Lipinski definition) is 0. The summed E-state index contributed by atoms with van der Waals surface area (Å²) in [5, 5.41) is 1.04. The molecule has 1 aliphatic heterocycles. The predicted octanol–water partition coefficient (Wildman–Crippen LogP) is 4.98. The van der Waals surface area contributed by atoms with Gasteiger partial charge < -0.3 is 9.32 Å². The molecule has 1 amide bonds. The van der Waals surface area contributed by atoms with E-state index in [1.165, 1.54) is 17.0 Å². The first-order chi connectivity index (χ1) is 14.6. The number of rotatable bonds is 4. The molecule has 1 fully saturated rings. The lowest BCUT2D eigenvalue weighted by Gasteiger charge is -2.28. The Balaban J connectivity index is 1.80. The molecule has 4 rings (SSSR count). The average molecular weight is 464 g/mol. The topological polar surface area (TPSA) is 67.6 Å². The van der Waals surface area contributed by atoms with Crippen molar-refractivity contribution in [2.45, 2.75) is 39.8 Å². The van der Waals surface area contributed by atoms with Crippen LogP contribution < -0.4 is 0 Å². The van der Waals surface area contributed by atoms with Crippen LogP contribution in [0.3, 0.4) is 0 Å². The van der Waals surface area contributed by atoms with Crippen molar-refractivity contribution >= 4 is 38.3 Å². The Morgan fingerprint density at radius 2 is 2.00 bits per heavy atom. The largest absolute Gasteiger partial charge is 0.451 e. The lowest BCUT2D eigenvalue weighted by molar-refractivity contribution is 0.0647. The SMILES string of the molecule is Cc1cc(C)c2c(C)c(C(=O)N(Cc3c(F)cccc3Cl)[C@H]3CCS(=O)(=O)C3)oc2c1. The van der Waals surface area contributed by atoms with Crippen LogP contribution in [0.25, 0.3) is 11.0 Å². The number of nitrogens with zero attached hydrogens (tertiary/aromatic N) is 1. The molecule has 2 heterocycles. The highest BCUT2D eigenvalue weighted by atomic mass is 35.5. The highest BCUT2D eigenvalue weighted by molar-refractivity contribution is 7.91. The molecule has 164 valence electrons. The minimum atomic E-state index is -3.27. The standard InChI is InChI=1S/C23H23ClFNO4S/c1-13-9-14(2)21-15(3)22(30-20(21)10-13)23(27)26(16-7-8-31(28,29)12-16)11-17-18(24)5-4-6-19(17)25/h4-6,9-10,16H,7-8,11-12H2,1-3H3/t16-/m0/s1. The quantitative estimate of drug-likeness (QED) is 0.547. The molecule has 0 saturated carbocycles. The van der Waals surface area contributed by atoms with Crippen LogP contribution in [0.2, 0.25) is 5.02 Å². The van der Waals surface area contributed by atoms with Crippen LogP contribution in [0.15, 0.2) is 34.7 Å². The van der Waals surface area contributed by atoms with Gasteiger partial charge in [-0.15, -0.1) is 0 Å². The zero-order valence-corrected chi connectivity index (χ0v) is 19.1. The van der Waals surface area contributed by atoms with E-state index in [-0.39, 0.29) is 40.8 Å². The summed E-state index contributed by atoms with van der Waals surface area (Å²) >= 11 is 6.20. The highest BCUT2D eigenvalue weighted by Crippen LogP contribution is 2.32. The molecular formula is C23H23ClFNO4S. The van der Waals surface area contributed by atoms with Crippen molar-refractivity contribution in [3.8, 4) is 0 Å². The van der Waals surface area contributed by atoms with Gasteiger partial charge in [-0.1, -0.05) is 23.7 Å². The van der Waals surface area contributed by atoms with Crippen molar-refractivity contribution < 1.29 is 22.0 Å². The smallest absolute Gasteiger partial charge is 0.290 e. The van der Waals surface area contributed by atoms with Crippen molar-refractivity contribution in [3.63, 3.8) is 0 Å². The third-order valence-corrected chi connectivity index (χ3v) is 7.97. The molecule has 2 aromatic carbocycles. The molecule has 0 bridgehead atoms. The number of aryl methyl sites for hydroxylation is 3. The van der Waals surface area contributed by atoms with Gasteiger partial charge in [0.1, 0.15) is 11.4 Å². The molecule has 0 radical (unpaired) electrons. The number of carbonyl (C=O) groups excluding carboxylic acids is 1. The number of benzene rings is 2. The third kappa shape index (κ3) is 4.08. The first-order valence-corrected chi connectivity index (χ1v) is 12.2. The zero-order chi connectivity index (χ0) is 22.5. The van der Waals surface area contributed by atoms with Gasteiger partial charge in [-0.3, -0.25) is 4.79 Å². The second-order valence-corrected chi connectivity index (χ2v) is 10.8. The van der Waals surface area contributed by atoms with E-state index in [2.05, 4.69) is 0 Å². The van der Waals surface area contributed by atoms with E-state index in [0.717, 1.165) is 16.5 Å². The maximum Gasteiger partial charge on any atom is 0.290 e. The van der Waals surface area contributed by atoms with Gasteiger partial charge in [-0.2, -0.15) is 0 Å². The lowest BCUT2D eigenvalue weighted by atomic mass is 10.0. The number of furan rings is 1. The molecular weight excluding hydrogens is 441 g/mol. The van der Waals surface area contributed by atoms with Gasteiger partial charge in [0.25, 0.3) is 5.91 Å². The van der Waals surface area contributed by atoms with E-state index in [1.54, 1.807) is 13.0 Å². The molecule has 0 aliphatic carbocycles. The molecule has 1 atom stereocenters. The Labute approximate surface area is 185 Å². The van der Waals surface area contributed by atoms with Crippen molar-refractivity contribution in [1.29, 1.82) is 0 Å². The Kier molecular flexibility index (Phi) is 5.60. The van der Waals surface area contributed by atoms with Gasteiger partial charge in [-0.25, -0.2) is 12.8 Å². The van der Waals surface area contributed by atoms with E-state index >= 15 is 0 Å². The monoisotopic (exact) mass is 463 g/mol. The number of fused-ring (bicyclic) bond motifs is 1. The first-order valence-electron chi connectivity index (χ1n) is 10.0. The molecule has 0 unspecified atom stereocenters. The number of carbonyl (C=O) groups is 1. The average Bonchev–Trinajstić information content (AvgIpc) is 3.20. The molecule has 0 spiro atoms. The second kappa shape index (κ2) is 7.95. The Hall–Kier alpha value is -2.38. The molecule has 5 nitrogen and oxygen atoms in total. The van der Waals surface area contributed by atoms with Crippen LogP contribution in [0.1, 0.15) is 39.2 Å². The van der Waals surface area contributed by atoms with Crippen molar-refractivity contribution in [2.24, 2.45) is 0 Å². The van der Waals surface area contributed by atoms with Gasteiger partial charge in [0.05, 0.1) is 18.1 Å². The van der Waals surface area contributed by atoms with Crippen molar-refractivity contribution in [1.82, 2.24) is 4.90 Å². The summed E-state index contributed by atoms with van der Waals surface area (Å²) < 4.78 is 44.7. The molecule has 31 heavy (non-hydrogen) atoms. The van der Waals surface area contributed by atoms with Crippen LogP contribution >= 0.6 is 11.6 Å². The Morgan fingerprint density at radius 1 is 1.26 bits per heavy atom. The fraction of sp³-hybridized carbons (Fsp3) is 0.348. The van der Waals surface area contributed by atoms with E-state index in [9.17, 15) is 17.6 Å². The second-order valence-electron chi connectivity index (χ2n) is 8.20. The third-order valence-electron chi connectivity index (χ3n) is 5.87. The van der Waals surface area contributed by atoms with E-state index in [1.807, 2.05) is 26.0 Å². The maximum atomic E-state index is 14.5. The summed E-state index contributed by atoms with van der Waals surface area (Å²) in [5.41, 5.74) is 3.43. The summed E-state index contributed by atoms with van der Waals surface area (Å²) in [4.78, 5) is 15.0. The molecule has 8 heteroatoms. The summed E-state index contributed by atoms with van der Waals surface area (Å²) in [6, 6.07) is 7.61. The van der Waals surface area contributed by atoms with Gasteiger partial charge in [0.2, 0.25) is 0 Å². The molecule has 1 aliphatic rings. The van der Waals surface area contributed by atoms with Gasteiger partial charge >= 0.3 is 0 Å². The summed E-state index contributed by atoms with van der Waals surface area (Å²) in [6.45, 7) is 5.56. The van der Waals surface area contributed by atoms with E-state index in [0.29, 0.717) is 11.1 Å². The molecule has 3 aromatic rings. The summed E-state index contributed by atoms with van der Waals surface area (Å²) in [6.07, 6.45) is 0.289.